The van der Waals surface area contributed by atoms with Crippen LogP contribution in [-0.4, -0.2) is 75.5 Å². The van der Waals surface area contributed by atoms with E-state index in [0.717, 1.165) is 22.4 Å². The number of amides is 2. The molecule has 2 heterocycles. The van der Waals surface area contributed by atoms with E-state index in [9.17, 15) is 9.59 Å². The third-order valence-electron chi connectivity index (χ3n) is 7.31. The normalized spacial score (nSPS) is 14.5. The molecule has 0 aliphatic carbocycles. The minimum absolute atomic E-state index is 0.154. The third kappa shape index (κ3) is 6.53. The van der Waals surface area contributed by atoms with E-state index < -0.39 is 0 Å². The molecule has 5 rings (SSSR count). The Bertz CT molecular complexity index is 1590. The van der Waals surface area contributed by atoms with E-state index in [4.69, 9.17) is 24.0 Å². The molecule has 0 spiro atoms. The molecule has 1 aromatic heterocycles. The molecule has 0 saturated heterocycles. The van der Waals surface area contributed by atoms with Crippen molar-refractivity contribution in [3.8, 4) is 34.2 Å². The molecule has 230 valence electrons. The number of carbonyl (C=O) groups is 2. The van der Waals surface area contributed by atoms with Crippen molar-refractivity contribution in [3.05, 3.63) is 83.9 Å². The molecule has 1 unspecified atom stereocenters. The topological polar surface area (TPSA) is 104 Å². The Morgan fingerprint density at radius 1 is 0.955 bits per heavy atom. The number of hydrogen-bond donors (Lipinski definition) is 1. The zero-order chi connectivity index (χ0) is 31.1. The zero-order valence-electron chi connectivity index (χ0n) is 25.2. The fourth-order valence-corrected chi connectivity index (χ4v) is 6.34. The Kier molecular flexibility index (Phi) is 10.1. The molecule has 10 nitrogen and oxygen atoms in total. The van der Waals surface area contributed by atoms with Gasteiger partial charge in [-0.15, -0.1) is 11.8 Å². The third-order valence-corrected chi connectivity index (χ3v) is 8.57. The van der Waals surface area contributed by atoms with Crippen LogP contribution >= 0.6 is 11.8 Å². The Morgan fingerprint density at radius 3 is 2.39 bits per heavy atom. The van der Waals surface area contributed by atoms with Gasteiger partial charge in [-0.2, -0.15) is 5.10 Å². The highest BCUT2D eigenvalue weighted by atomic mass is 32.2. The van der Waals surface area contributed by atoms with Gasteiger partial charge in [-0.1, -0.05) is 36.4 Å². The van der Waals surface area contributed by atoms with Gasteiger partial charge in [-0.25, -0.2) is 4.68 Å². The molecule has 2 amide bonds. The maximum absolute atomic E-state index is 13.9. The van der Waals surface area contributed by atoms with Crippen LogP contribution in [0.25, 0.3) is 16.9 Å². The number of ether oxygens (including phenoxy) is 4. The largest absolute Gasteiger partial charge is 0.497 e. The molecule has 1 N–H and O–H groups in total. The number of anilines is 1. The smallest absolute Gasteiger partial charge is 0.240 e. The van der Waals surface area contributed by atoms with Crippen LogP contribution in [0.4, 0.5) is 5.82 Å². The Hall–Kier alpha value is -4.48. The van der Waals surface area contributed by atoms with Crippen molar-refractivity contribution in [2.45, 2.75) is 11.7 Å². The Balaban J connectivity index is 1.72. The van der Waals surface area contributed by atoms with Crippen LogP contribution in [0.1, 0.15) is 22.8 Å². The first-order valence-corrected chi connectivity index (χ1v) is 15.3. The minimum Gasteiger partial charge on any atom is -0.497 e. The molecular formula is C33H36N4O6S. The number of fused-ring (bicyclic) bond motifs is 1. The highest BCUT2D eigenvalue weighted by Crippen LogP contribution is 2.49. The van der Waals surface area contributed by atoms with E-state index in [1.54, 1.807) is 38.0 Å². The maximum atomic E-state index is 13.9. The lowest BCUT2D eigenvalue weighted by Crippen LogP contribution is -2.42. The van der Waals surface area contributed by atoms with Gasteiger partial charge in [-0.05, 0) is 48.4 Å². The van der Waals surface area contributed by atoms with Crippen molar-refractivity contribution in [2.75, 3.05) is 58.8 Å². The summed E-state index contributed by atoms with van der Waals surface area (Å²) in [5.74, 6) is 2.11. The summed E-state index contributed by atoms with van der Waals surface area (Å²) < 4.78 is 23.4. The SMILES string of the molecule is COCCCNC(=O)CN1C(=O)CSC(c2ccc(OC)c(OC)c2)c2c(-c3ccccc3)nn(-c3ccc(OC)cc3)c21. The van der Waals surface area contributed by atoms with Crippen molar-refractivity contribution in [1.82, 2.24) is 15.1 Å². The second-order valence-corrected chi connectivity index (χ2v) is 11.1. The molecule has 44 heavy (non-hydrogen) atoms. The summed E-state index contributed by atoms with van der Waals surface area (Å²) in [6, 6.07) is 23.1. The van der Waals surface area contributed by atoms with Crippen molar-refractivity contribution in [3.63, 3.8) is 0 Å². The average molecular weight is 617 g/mol. The number of methoxy groups -OCH3 is 4. The van der Waals surface area contributed by atoms with Crippen LogP contribution in [0.15, 0.2) is 72.8 Å². The number of benzene rings is 3. The predicted octanol–water partition coefficient (Wildman–Crippen LogP) is 4.89. The van der Waals surface area contributed by atoms with Crippen molar-refractivity contribution in [1.29, 1.82) is 0 Å². The van der Waals surface area contributed by atoms with E-state index in [1.165, 1.54) is 11.8 Å². The molecule has 0 bridgehead atoms. The average Bonchev–Trinajstić information content (AvgIpc) is 3.39. The van der Waals surface area contributed by atoms with E-state index in [-0.39, 0.29) is 29.4 Å². The summed E-state index contributed by atoms with van der Waals surface area (Å²) in [6.07, 6.45) is 0.667. The van der Waals surface area contributed by atoms with Crippen molar-refractivity contribution >= 4 is 29.4 Å². The molecule has 11 heteroatoms. The summed E-state index contributed by atoms with van der Waals surface area (Å²) in [5.41, 5.74) is 4.06. The first kappa shape index (κ1) is 31.0. The molecule has 4 aromatic rings. The Labute approximate surface area is 261 Å². The van der Waals surface area contributed by atoms with Gasteiger partial charge in [0.1, 0.15) is 18.1 Å². The number of thioether (sulfide) groups is 1. The molecule has 3 aromatic carbocycles. The lowest BCUT2D eigenvalue weighted by molar-refractivity contribution is -0.122. The summed E-state index contributed by atoms with van der Waals surface area (Å²) >= 11 is 1.49. The van der Waals surface area contributed by atoms with E-state index in [1.807, 2.05) is 72.8 Å². The molecular weight excluding hydrogens is 580 g/mol. The van der Waals surface area contributed by atoms with Gasteiger partial charge in [-0.3, -0.25) is 14.5 Å². The van der Waals surface area contributed by atoms with E-state index >= 15 is 0 Å². The van der Waals surface area contributed by atoms with Crippen LogP contribution in [0.3, 0.4) is 0 Å². The highest BCUT2D eigenvalue weighted by molar-refractivity contribution is 8.00. The molecule has 1 atom stereocenters. The first-order valence-electron chi connectivity index (χ1n) is 14.2. The molecule has 1 aliphatic rings. The van der Waals surface area contributed by atoms with Crippen LogP contribution in [0, 0.1) is 0 Å². The molecule has 1 aliphatic heterocycles. The van der Waals surface area contributed by atoms with Gasteiger partial charge in [0.2, 0.25) is 11.8 Å². The molecule has 0 saturated carbocycles. The van der Waals surface area contributed by atoms with Gasteiger partial charge in [0, 0.05) is 31.4 Å². The lowest BCUT2D eigenvalue weighted by Gasteiger charge is -2.23. The highest BCUT2D eigenvalue weighted by Gasteiger charge is 2.38. The van der Waals surface area contributed by atoms with Crippen LogP contribution in [0.5, 0.6) is 17.2 Å². The van der Waals surface area contributed by atoms with E-state index in [0.29, 0.717) is 48.3 Å². The minimum atomic E-state index is -0.314. The molecule has 0 radical (unpaired) electrons. The number of hydrogen-bond acceptors (Lipinski definition) is 8. The monoisotopic (exact) mass is 616 g/mol. The van der Waals surface area contributed by atoms with Crippen LogP contribution in [-0.2, 0) is 14.3 Å². The van der Waals surface area contributed by atoms with Gasteiger partial charge in [0.15, 0.2) is 11.5 Å². The van der Waals surface area contributed by atoms with Gasteiger partial charge in [0.25, 0.3) is 0 Å². The van der Waals surface area contributed by atoms with Crippen LogP contribution < -0.4 is 24.4 Å². The second-order valence-electron chi connectivity index (χ2n) is 10.0. The second kappa shape index (κ2) is 14.3. The fourth-order valence-electron chi connectivity index (χ4n) is 5.15. The Morgan fingerprint density at radius 2 is 1.70 bits per heavy atom. The summed E-state index contributed by atoms with van der Waals surface area (Å²) in [7, 11) is 6.43. The number of carbonyl (C=O) groups excluding carboxylic acids is 2. The van der Waals surface area contributed by atoms with E-state index in [2.05, 4.69) is 5.32 Å². The van der Waals surface area contributed by atoms with Gasteiger partial charge >= 0.3 is 0 Å². The van der Waals surface area contributed by atoms with Crippen molar-refractivity contribution < 1.29 is 28.5 Å². The predicted molar refractivity (Wildman–Crippen MR) is 171 cm³/mol. The zero-order valence-corrected chi connectivity index (χ0v) is 26.1. The maximum Gasteiger partial charge on any atom is 0.240 e. The number of nitrogens with zero attached hydrogens (tertiary/aromatic N) is 3. The standard InChI is InChI=1S/C33H36N4O6S/c1-40-18-8-17-34-28(38)20-36-29(39)21-44-32(23-11-16-26(42-3)27(19-23)43-4)30-31(22-9-6-5-7-10-22)35-37(33(30)36)24-12-14-25(41-2)15-13-24/h5-7,9-16,19,32H,8,17-18,20-21H2,1-4H3,(H,34,38). The summed E-state index contributed by atoms with van der Waals surface area (Å²) in [6.45, 7) is 0.813. The lowest BCUT2D eigenvalue weighted by atomic mass is 9.99. The fraction of sp³-hybridized carbons (Fsp3) is 0.303. The van der Waals surface area contributed by atoms with Crippen molar-refractivity contribution in [2.24, 2.45) is 0 Å². The summed E-state index contributed by atoms with van der Waals surface area (Å²) in [5, 5.41) is 7.73. The number of rotatable bonds is 12. The van der Waals surface area contributed by atoms with Gasteiger partial charge in [0.05, 0.1) is 43.7 Å². The quantitative estimate of drug-likeness (QED) is 0.225. The van der Waals surface area contributed by atoms with Crippen LogP contribution in [0.2, 0.25) is 0 Å². The first-order chi connectivity index (χ1) is 21.5. The van der Waals surface area contributed by atoms with Gasteiger partial charge < -0.3 is 24.3 Å². The molecule has 0 fully saturated rings. The number of aromatic nitrogens is 2. The summed E-state index contributed by atoms with van der Waals surface area (Å²) in [4.78, 5) is 28.7. The number of nitrogens with one attached hydrogen (secondary N) is 1.